The molecule has 0 atom stereocenters. The van der Waals surface area contributed by atoms with Gasteiger partial charge in [0, 0.05) is 6.61 Å². The molecule has 3 aliphatic carbocycles. The first-order valence-corrected chi connectivity index (χ1v) is 17.6. The van der Waals surface area contributed by atoms with Crippen molar-refractivity contribution >= 4 is 0 Å². The van der Waals surface area contributed by atoms with E-state index < -0.39 is 41.7 Å². The van der Waals surface area contributed by atoms with Gasteiger partial charge in [-0.15, -0.1) is 13.2 Å². The fourth-order valence-corrected chi connectivity index (χ4v) is 8.31. The maximum Gasteiger partial charge on any atom is 0.527 e. The number of benzene rings is 2. The Bertz CT molecular complexity index is 1320. The van der Waals surface area contributed by atoms with Gasteiger partial charge in [0.15, 0.2) is 0 Å². The van der Waals surface area contributed by atoms with Crippen molar-refractivity contribution < 1.29 is 53.7 Å². The van der Waals surface area contributed by atoms with Crippen LogP contribution in [0.4, 0.5) is 39.5 Å². The Hall–Kier alpha value is -2.47. The summed E-state index contributed by atoms with van der Waals surface area (Å²) >= 11 is 0. The zero-order valence-corrected chi connectivity index (χ0v) is 27.7. The molecule has 3 nitrogen and oxygen atoms in total. The van der Waals surface area contributed by atoms with Crippen LogP contribution in [0.15, 0.2) is 36.4 Å². The van der Waals surface area contributed by atoms with Crippen LogP contribution in [0.1, 0.15) is 102 Å². The second-order valence-corrected chi connectivity index (χ2v) is 14.1. The Kier molecular flexibility index (Phi) is 12.2. The second kappa shape index (κ2) is 15.8. The normalized spacial score (nSPS) is 27.2. The molecule has 0 bridgehead atoms. The van der Waals surface area contributed by atoms with E-state index in [0.717, 1.165) is 81.9 Å². The third-order valence-corrected chi connectivity index (χ3v) is 11.0. The molecule has 0 heterocycles. The Labute approximate surface area is 281 Å². The van der Waals surface area contributed by atoms with Gasteiger partial charge in [0.1, 0.15) is 22.9 Å². The molecule has 3 fully saturated rings. The highest BCUT2D eigenvalue weighted by Crippen LogP contribution is 2.48. The Morgan fingerprint density at radius 1 is 0.633 bits per heavy atom. The van der Waals surface area contributed by atoms with Crippen LogP contribution in [-0.2, 0) is 15.6 Å². The molecule has 3 aliphatic rings. The number of alkyl halides is 7. The van der Waals surface area contributed by atoms with Gasteiger partial charge in [-0.2, -0.15) is 17.6 Å². The van der Waals surface area contributed by atoms with Gasteiger partial charge in [-0.1, -0.05) is 25.5 Å². The van der Waals surface area contributed by atoms with Crippen molar-refractivity contribution in [1.82, 2.24) is 0 Å². The molecule has 0 radical (unpaired) electrons. The third kappa shape index (κ3) is 9.86. The van der Waals surface area contributed by atoms with Gasteiger partial charge in [0.25, 0.3) is 0 Å². The fourth-order valence-electron chi connectivity index (χ4n) is 8.31. The predicted molar refractivity (Wildman–Crippen MR) is 166 cm³/mol. The van der Waals surface area contributed by atoms with Gasteiger partial charge < -0.3 is 9.47 Å². The van der Waals surface area contributed by atoms with Crippen molar-refractivity contribution in [1.29, 1.82) is 0 Å². The lowest BCUT2D eigenvalue weighted by atomic mass is 9.65. The lowest BCUT2D eigenvalue weighted by Crippen LogP contribution is -2.38. The van der Waals surface area contributed by atoms with Crippen molar-refractivity contribution in [3.63, 3.8) is 0 Å². The minimum atomic E-state index is -5.85. The topological polar surface area (TPSA) is 27.7 Å². The van der Waals surface area contributed by atoms with Crippen molar-refractivity contribution in [2.24, 2.45) is 29.6 Å². The number of unbranched alkanes of at least 4 members (excludes halogenated alkanes) is 1. The van der Waals surface area contributed by atoms with E-state index in [9.17, 15) is 30.7 Å². The average Bonchev–Trinajstić information content (AvgIpc) is 3.04. The monoisotopic (exact) mass is 708 g/mol. The maximum atomic E-state index is 15.2. The summed E-state index contributed by atoms with van der Waals surface area (Å²) in [7, 11) is 0. The van der Waals surface area contributed by atoms with E-state index in [1.807, 2.05) is 0 Å². The quantitative estimate of drug-likeness (QED) is 0.162. The van der Waals surface area contributed by atoms with Gasteiger partial charge in [-0.05, 0) is 143 Å². The maximum absolute atomic E-state index is 15.2. The van der Waals surface area contributed by atoms with Crippen LogP contribution in [-0.4, -0.2) is 25.2 Å². The van der Waals surface area contributed by atoms with Crippen LogP contribution in [0, 0.1) is 41.2 Å². The molecule has 12 heteroatoms. The van der Waals surface area contributed by atoms with E-state index in [1.165, 1.54) is 37.8 Å². The van der Waals surface area contributed by atoms with E-state index in [2.05, 4.69) is 11.7 Å². The molecule has 0 spiro atoms. The lowest BCUT2D eigenvalue weighted by molar-refractivity contribution is -0.432. The standard InChI is InChI=1S/C37H45F9O3/c1-2-3-20-47-30-16-10-26(11-17-30)24-6-4-23(5-7-24)25-8-14-29(15-9-25)35(40,41)48-31-18-12-27(13-19-31)28-21-32(38)34(33(39)22-28)36(42,43)49-37(44,45)46/h12-13,18-19,21-26,29-30H,2-11,14-17,20H2,1H3. The molecule has 2 aromatic carbocycles. The summed E-state index contributed by atoms with van der Waals surface area (Å²) in [6.07, 6.45) is -0.261. The van der Waals surface area contributed by atoms with E-state index in [0.29, 0.717) is 42.9 Å². The van der Waals surface area contributed by atoms with Crippen molar-refractivity contribution in [3.8, 4) is 16.9 Å². The molecule has 49 heavy (non-hydrogen) atoms. The molecule has 274 valence electrons. The summed E-state index contributed by atoms with van der Waals surface area (Å²) in [6, 6.07) is 5.54. The molecule has 0 aliphatic heterocycles. The van der Waals surface area contributed by atoms with Crippen LogP contribution < -0.4 is 4.74 Å². The fraction of sp³-hybridized carbons (Fsp3) is 0.676. The Morgan fingerprint density at radius 3 is 1.57 bits per heavy atom. The van der Waals surface area contributed by atoms with Crippen molar-refractivity contribution in [2.45, 2.75) is 121 Å². The SMILES string of the molecule is CCCCOC1CCC(C2CCC(C3CCC(C(F)(F)Oc4ccc(-c5cc(F)c(C(F)(F)OC(F)(F)F)c(F)c5)cc4)CC3)CC2)CC1. The minimum Gasteiger partial charge on any atom is -0.432 e. The van der Waals surface area contributed by atoms with Gasteiger partial charge >= 0.3 is 18.6 Å². The molecule has 3 saturated carbocycles. The van der Waals surface area contributed by atoms with Gasteiger partial charge in [-0.25, -0.2) is 13.5 Å². The molecule has 0 unspecified atom stereocenters. The molecule has 0 aromatic heterocycles. The van der Waals surface area contributed by atoms with Crippen LogP contribution in [0.2, 0.25) is 0 Å². The largest absolute Gasteiger partial charge is 0.527 e. The number of ether oxygens (including phenoxy) is 3. The molecule has 0 saturated heterocycles. The van der Waals surface area contributed by atoms with Crippen LogP contribution >= 0.6 is 0 Å². The first-order chi connectivity index (χ1) is 23.1. The molecular formula is C37H45F9O3. The van der Waals surface area contributed by atoms with Gasteiger partial charge in [0.2, 0.25) is 0 Å². The number of hydrogen-bond acceptors (Lipinski definition) is 3. The number of halogens is 9. The molecule has 0 amide bonds. The Morgan fingerprint density at radius 2 is 1.10 bits per heavy atom. The lowest BCUT2D eigenvalue weighted by Gasteiger charge is -2.42. The van der Waals surface area contributed by atoms with E-state index >= 15 is 8.78 Å². The highest BCUT2D eigenvalue weighted by atomic mass is 19.4. The summed E-state index contributed by atoms with van der Waals surface area (Å²) < 4.78 is 137. The van der Waals surface area contributed by atoms with Crippen LogP contribution in [0.25, 0.3) is 11.1 Å². The first-order valence-electron chi connectivity index (χ1n) is 17.6. The zero-order chi connectivity index (χ0) is 35.4. The van der Waals surface area contributed by atoms with E-state index in [1.54, 1.807) is 0 Å². The molecule has 0 N–H and O–H groups in total. The zero-order valence-electron chi connectivity index (χ0n) is 27.7. The summed E-state index contributed by atoms with van der Waals surface area (Å²) in [6.45, 7) is 3.04. The van der Waals surface area contributed by atoms with E-state index in [4.69, 9.17) is 9.47 Å². The average molecular weight is 709 g/mol. The predicted octanol–water partition coefficient (Wildman–Crippen LogP) is 12.2. The van der Waals surface area contributed by atoms with Crippen molar-refractivity contribution in [3.05, 3.63) is 53.6 Å². The highest BCUT2D eigenvalue weighted by Gasteiger charge is 2.50. The summed E-state index contributed by atoms with van der Waals surface area (Å²) in [5.74, 6) is -2.56. The second-order valence-electron chi connectivity index (χ2n) is 14.1. The summed E-state index contributed by atoms with van der Waals surface area (Å²) in [5.41, 5.74) is -2.46. The minimum absolute atomic E-state index is 0.0411. The Balaban J connectivity index is 1.08. The smallest absolute Gasteiger partial charge is 0.432 e. The highest BCUT2D eigenvalue weighted by molar-refractivity contribution is 5.65. The van der Waals surface area contributed by atoms with Crippen LogP contribution in [0.3, 0.4) is 0 Å². The van der Waals surface area contributed by atoms with Crippen molar-refractivity contribution in [2.75, 3.05) is 6.61 Å². The van der Waals surface area contributed by atoms with Gasteiger partial charge in [-0.3, -0.25) is 0 Å². The van der Waals surface area contributed by atoms with E-state index in [-0.39, 0.29) is 16.9 Å². The summed E-state index contributed by atoms with van der Waals surface area (Å²) in [4.78, 5) is 0. The molecule has 2 aromatic rings. The number of rotatable bonds is 12. The molecule has 5 rings (SSSR count). The summed E-state index contributed by atoms with van der Waals surface area (Å²) in [5, 5.41) is 0. The third-order valence-electron chi connectivity index (χ3n) is 11.0. The number of hydrogen-bond donors (Lipinski definition) is 0. The first kappa shape index (κ1) is 37.8. The van der Waals surface area contributed by atoms with Gasteiger partial charge in [0.05, 0.1) is 12.0 Å². The van der Waals surface area contributed by atoms with Crippen LogP contribution in [0.5, 0.6) is 5.75 Å². The molecular weight excluding hydrogens is 663 g/mol.